The second kappa shape index (κ2) is 6.59. The molecule has 0 spiro atoms. The van der Waals surface area contributed by atoms with Crippen LogP contribution in [0.1, 0.15) is 37.0 Å². The van der Waals surface area contributed by atoms with Gasteiger partial charge in [-0.3, -0.25) is 4.79 Å². The Labute approximate surface area is 101 Å². The monoisotopic (exact) mass is 238 g/mol. The molecule has 1 aromatic rings. The van der Waals surface area contributed by atoms with Crippen LogP contribution < -0.4 is 4.74 Å². The standard InChI is InChI=1S/C13H18O2S/c1-4-5-9-16-12-8-6-7-11(15-3)13(12)10(2)14/h6-8H,4-5,9H2,1-3H3. The van der Waals surface area contributed by atoms with E-state index in [4.69, 9.17) is 4.74 Å². The van der Waals surface area contributed by atoms with Crippen LogP contribution in [0, 0.1) is 0 Å². The van der Waals surface area contributed by atoms with Crippen LogP contribution in [0.4, 0.5) is 0 Å². The molecule has 0 unspecified atom stereocenters. The van der Waals surface area contributed by atoms with E-state index in [1.807, 2.05) is 18.2 Å². The minimum Gasteiger partial charge on any atom is -0.496 e. The van der Waals surface area contributed by atoms with E-state index >= 15 is 0 Å². The topological polar surface area (TPSA) is 26.3 Å². The summed E-state index contributed by atoms with van der Waals surface area (Å²) in [7, 11) is 1.60. The van der Waals surface area contributed by atoms with Crippen molar-refractivity contribution in [1.82, 2.24) is 0 Å². The molecule has 0 aromatic heterocycles. The first-order chi connectivity index (χ1) is 7.70. The van der Waals surface area contributed by atoms with Gasteiger partial charge in [0.05, 0.1) is 12.7 Å². The van der Waals surface area contributed by atoms with Crippen LogP contribution in [-0.2, 0) is 0 Å². The second-order valence-electron chi connectivity index (χ2n) is 3.59. The third-order valence-electron chi connectivity index (χ3n) is 2.32. The van der Waals surface area contributed by atoms with E-state index in [9.17, 15) is 4.79 Å². The van der Waals surface area contributed by atoms with Crippen LogP contribution in [0.15, 0.2) is 23.1 Å². The molecular weight excluding hydrogens is 220 g/mol. The third kappa shape index (κ3) is 3.27. The van der Waals surface area contributed by atoms with Gasteiger partial charge in [-0.25, -0.2) is 0 Å². The van der Waals surface area contributed by atoms with Gasteiger partial charge in [0.1, 0.15) is 5.75 Å². The maximum atomic E-state index is 11.6. The first kappa shape index (κ1) is 13.1. The molecule has 0 bridgehead atoms. The van der Waals surface area contributed by atoms with Gasteiger partial charge in [0.15, 0.2) is 5.78 Å². The fourth-order valence-corrected chi connectivity index (χ4v) is 2.69. The number of benzene rings is 1. The SMILES string of the molecule is CCCCSc1cccc(OC)c1C(C)=O. The molecule has 16 heavy (non-hydrogen) atoms. The lowest BCUT2D eigenvalue weighted by Gasteiger charge is -2.10. The molecule has 88 valence electrons. The van der Waals surface area contributed by atoms with Crippen molar-refractivity contribution in [3.8, 4) is 5.75 Å². The summed E-state index contributed by atoms with van der Waals surface area (Å²) in [6.45, 7) is 3.75. The van der Waals surface area contributed by atoms with Crippen molar-refractivity contribution in [2.45, 2.75) is 31.6 Å². The van der Waals surface area contributed by atoms with E-state index < -0.39 is 0 Å². The summed E-state index contributed by atoms with van der Waals surface area (Å²) in [4.78, 5) is 12.6. The number of hydrogen-bond acceptors (Lipinski definition) is 3. The summed E-state index contributed by atoms with van der Waals surface area (Å²) in [5.41, 5.74) is 0.714. The maximum Gasteiger partial charge on any atom is 0.164 e. The average Bonchev–Trinajstić information content (AvgIpc) is 2.28. The highest BCUT2D eigenvalue weighted by atomic mass is 32.2. The highest BCUT2D eigenvalue weighted by Gasteiger charge is 2.13. The van der Waals surface area contributed by atoms with Crippen molar-refractivity contribution in [3.05, 3.63) is 23.8 Å². The highest BCUT2D eigenvalue weighted by molar-refractivity contribution is 7.99. The smallest absolute Gasteiger partial charge is 0.164 e. The number of methoxy groups -OCH3 is 1. The molecule has 2 nitrogen and oxygen atoms in total. The van der Waals surface area contributed by atoms with Crippen LogP contribution in [0.25, 0.3) is 0 Å². The fourth-order valence-electron chi connectivity index (χ4n) is 1.47. The zero-order valence-corrected chi connectivity index (χ0v) is 10.9. The molecule has 1 rings (SSSR count). The summed E-state index contributed by atoms with van der Waals surface area (Å²) in [6, 6.07) is 5.75. The van der Waals surface area contributed by atoms with Gasteiger partial charge in [-0.1, -0.05) is 19.4 Å². The van der Waals surface area contributed by atoms with Crippen LogP contribution in [0.2, 0.25) is 0 Å². The number of ketones is 1. The van der Waals surface area contributed by atoms with Crippen LogP contribution in [0.3, 0.4) is 0 Å². The Hall–Kier alpha value is -0.960. The molecule has 0 saturated carbocycles. The van der Waals surface area contributed by atoms with Gasteiger partial charge in [-0.15, -0.1) is 11.8 Å². The quantitative estimate of drug-likeness (QED) is 0.428. The van der Waals surface area contributed by atoms with Crippen molar-refractivity contribution < 1.29 is 9.53 Å². The van der Waals surface area contributed by atoms with Gasteiger partial charge in [-0.2, -0.15) is 0 Å². The molecule has 0 aliphatic heterocycles. The van der Waals surface area contributed by atoms with Crippen molar-refractivity contribution in [2.24, 2.45) is 0 Å². The van der Waals surface area contributed by atoms with Crippen molar-refractivity contribution >= 4 is 17.5 Å². The molecule has 0 radical (unpaired) electrons. The minimum atomic E-state index is 0.0662. The van der Waals surface area contributed by atoms with Crippen LogP contribution in [-0.4, -0.2) is 18.6 Å². The van der Waals surface area contributed by atoms with Gasteiger partial charge in [0.25, 0.3) is 0 Å². The molecule has 0 N–H and O–H groups in total. The summed E-state index contributed by atoms with van der Waals surface area (Å²) in [6.07, 6.45) is 2.34. The lowest BCUT2D eigenvalue weighted by atomic mass is 10.1. The molecule has 1 aromatic carbocycles. The van der Waals surface area contributed by atoms with Gasteiger partial charge in [-0.05, 0) is 31.2 Å². The number of Topliss-reactive ketones (excluding diaryl/α,β-unsaturated/α-hetero) is 1. The molecule has 0 atom stereocenters. The fraction of sp³-hybridized carbons (Fsp3) is 0.462. The summed E-state index contributed by atoms with van der Waals surface area (Å²) < 4.78 is 5.22. The van der Waals surface area contributed by atoms with E-state index in [1.54, 1.807) is 25.8 Å². The number of thioether (sulfide) groups is 1. The number of rotatable bonds is 6. The van der Waals surface area contributed by atoms with E-state index in [2.05, 4.69) is 6.92 Å². The normalized spacial score (nSPS) is 10.2. The zero-order chi connectivity index (χ0) is 12.0. The van der Waals surface area contributed by atoms with Gasteiger partial charge in [0, 0.05) is 4.90 Å². The van der Waals surface area contributed by atoms with E-state index in [0.717, 1.165) is 10.6 Å². The predicted octanol–water partition coefficient (Wildman–Crippen LogP) is 3.79. The number of unbranched alkanes of at least 4 members (excludes halogenated alkanes) is 1. The summed E-state index contributed by atoms with van der Waals surface area (Å²) >= 11 is 1.73. The van der Waals surface area contributed by atoms with Crippen molar-refractivity contribution in [2.75, 3.05) is 12.9 Å². The van der Waals surface area contributed by atoms with E-state index in [1.165, 1.54) is 12.8 Å². The average molecular weight is 238 g/mol. The first-order valence-electron chi connectivity index (χ1n) is 5.51. The second-order valence-corrected chi connectivity index (χ2v) is 4.73. The van der Waals surface area contributed by atoms with Gasteiger partial charge >= 0.3 is 0 Å². The lowest BCUT2D eigenvalue weighted by molar-refractivity contribution is 0.101. The Bertz CT molecular complexity index is 361. The maximum absolute atomic E-state index is 11.6. The molecule has 0 fully saturated rings. The molecule has 3 heteroatoms. The number of hydrogen-bond donors (Lipinski definition) is 0. The number of ether oxygens (including phenoxy) is 1. The molecule has 0 aliphatic carbocycles. The zero-order valence-electron chi connectivity index (χ0n) is 10.1. The van der Waals surface area contributed by atoms with E-state index in [0.29, 0.717) is 11.3 Å². The van der Waals surface area contributed by atoms with Crippen molar-refractivity contribution in [3.63, 3.8) is 0 Å². The summed E-state index contributed by atoms with van der Waals surface area (Å²) in [5, 5.41) is 0. The Morgan fingerprint density at radius 1 is 1.44 bits per heavy atom. The Morgan fingerprint density at radius 3 is 2.75 bits per heavy atom. The van der Waals surface area contributed by atoms with Crippen LogP contribution >= 0.6 is 11.8 Å². The third-order valence-corrected chi connectivity index (χ3v) is 3.46. The molecule has 0 saturated heterocycles. The first-order valence-corrected chi connectivity index (χ1v) is 6.50. The highest BCUT2D eigenvalue weighted by Crippen LogP contribution is 2.30. The number of carbonyl (C=O) groups is 1. The Morgan fingerprint density at radius 2 is 2.19 bits per heavy atom. The molecule has 0 heterocycles. The van der Waals surface area contributed by atoms with Crippen LogP contribution in [0.5, 0.6) is 5.75 Å². The Kier molecular flexibility index (Phi) is 5.39. The van der Waals surface area contributed by atoms with Crippen molar-refractivity contribution in [1.29, 1.82) is 0 Å². The molecular formula is C13H18O2S. The predicted molar refractivity (Wildman–Crippen MR) is 68.6 cm³/mol. The number of carbonyl (C=O) groups excluding carboxylic acids is 1. The lowest BCUT2D eigenvalue weighted by Crippen LogP contribution is -2.00. The van der Waals surface area contributed by atoms with Gasteiger partial charge < -0.3 is 4.74 Å². The Balaban J connectivity index is 2.93. The summed E-state index contributed by atoms with van der Waals surface area (Å²) in [5.74, 6) is 1.79. The molecule has 0 amide bonds. The largest absolute Gasteiger partial charge is 0.496 e. The molecule has 0 aliphatic rings. The minimum absolute atomic E-state index is 0.0662. The van der Waals surface area contributed by atoms with Gasteiger partial charge in [0.2, 0.25) is 0 Å². The van der Waals surface area contributed by atoms with E-state index in [-0.39, 0.29) is 5.78 Å².